The zero-order valence-corrected chi connectivity index (χ0v) is 7.06. The summed E-state index contributed by atoms with van der Waals surface area (Å²) in [5, 5.41) is 18.2. The molecule has 1 aromatic rings. The van der Waals surface area contributed by atoms with Gasteiger partial charge < -0.3 is 10.2 Å². The van der Waals surface area contributed by atoms with E-state index in [9.17, 15) is 9.50 Å². The van der Waals surface area contributed by atoms with Gasteiger partial charge in [0.2, 0.25) is 0 Å². The van der Waals surface area contributed by atoms with Crippen LogP contribution >= 0.6 is 0 Å². The number of aromatic hydroxyl groups is 1. The maximum absolute atomic E-state index is 13.0. The predicted molar refractivity (Wildman–Crippen MR) is 43.5 cm³/mol. The molecular weight excluding hydrogens is 159 g/mol. The van der Waals surface area contributed by atoms with E-state index >= 15 is 0 Å². The van der Waals surface area contributed by atoms with Crippen molar-refractivity contribution in [2.24, 2.45) is 0 Å². The van der Waals surface area contributed by atoms with Gasteiger partial charge in [0, 0.05) is 5.56 Å². The third-order valence-electron chi connectivity index (χ3n) is 1.97. The van der Waals surface area contributed by atoms with E-state index in [1.54, 1.807) is 6.92 Å². The first kappa shape index (κ1) is 9.00. The van der Waals surface area contributed by atoms with Gasteiger partial charge in [0.1, 0.15) is 11.6 Å². The summed E-state index contributed by atoms with van der Waals surface area (Å²) in [6.45, 7) is 2.79. The molecule has 2 nitrogen and oxygen atoms in total. The number of aliphatic hydroxyl groups is 1. The Morgan fingerprint density at radius 3 is 2.50 bits per heavy atom. The van der Waals surface area contributed by atoms with E-state index < -0.39 is 5.82 Å². The fraction of sp³-hybridized carbons (Fsp3) is 0.333. The molecule has 0 radical (unpaired) electrons. The Morgan fingerprint density at radius 1 is 1.42 bits per heavy atom. The van der Waals surface area contributed by atoms with Crippen molar-refractivity contribution in [3.05, 3.63) is 28.6 Å². The average molecular weight is 170 g/mol. The minimum Gasteiger partial charge on any atom is -0.507 e. The number of halogens is 1. The molecule has 1 aromatic carbocycles. The molecule has 0 bridgehead atoms. The van der Waals surface area contributed by atoms with Crippen LogP contribution in [0.1, 0.15) is 16.7 Å². The molecule has 0 saturated carbocycles. The molecule has 0 atom stereocenters. The van der Waals surface area contributed by atoms with Gasteiger partial charge in [-0.2, -0.15) is 0 Å². The number of benzene rings is 1. The van der Waals surface area contributed by atoms with Crippen LogP contribution in [0.4, 0.5) is 4.39 Å². The summed E-state index contributed by atoms with van der Waals surface area (Å²) in [6, 6.07) is 1.25. The lowest BCUT2D eigenvalue weighted by atomic mass is 10.0. The number of hydrogen-bond acceptors (Lipinski definition) is 2. The number of aliphatic hydroxyl groups excluding tert-OH is 1. The quantitative estimate of drug-likeness (QED) is 0.672. The zero-order chi connectivity index (χ0) is 9.30. The smallest absolute Gasteiger partial charge is 0.127 e. The van der Waals surface area contributed by atoms with Crippen molar-refractivity contribution < 1.29 is 14.6 Å². The topological polar surface area (TPSA) is 40.5 Å². The van der Waals surface area contributed by atoms with E-state index in [0.29, 0.717) is 11.1 Å². The molecule has 12 heavy (non-hydrogen) atoms. The Hall–Kier alpha value is -1.09. The van der Waals surface area contributed by atoms with Crippen LogP contribution in [0.25, 0.3) is 0 Å². The van der Waals surface area contributed by atoms with Crippen LogP contribution in [0.2, 0.25) is 0 Å². The van der Waals surface area contributed by atoms with Crippen molar-refractivity contribution in [1.29, 1.82) is 0 Å². The van der Waals surface area contributed by atoms with E-state index in [1.165, 1.54) is 13.0 Å². The highest BCUT2D eigenvalue weighted by Gasteiger charge is 2.10. The molecule has 3 heteroatoms. The van der Waals surface area contributed by atoms with Crippen molar-refractivity contribution >= 4 is 0 Å². The Kier molecular flexibility index (Phi) is 2.33. The van der Waals surface area contributed by atoms with Crippen LogP contribution in [-0.2, 0) is 6.61 Å². The Balaban J connectivity index is 3.42. The van der Waals surface area contributed by atoms with Gasteiger partial charge in [-0.1, -0.05) is 0 Å². The molecule has 0 unspecified atom stereocenters. The van der Waals surface area contributed by atoms with E-state index in [4.69, 9.17) is 5.11 Å². The number of aryl methyl sites for hydroxylation is 1. The number of hydrogen-bond donors (Lipinski definition) is 2. The first-order chi connectivity index (χ1) is 5.57. The second-order valence-electron chi connectivity index (χ2n) is 2.79. The third kappa shape index (κ3) is 1.28. The maximum atomic E-state index is 13.0. The van der Waals surface area contributed by atoms with Crippen molar-refractivity contribution in [2.45, 2.75) is 20.5 Å². The lowest BCUT2D eigenvalue weighted by Gasteiger charge is -2.08. The Labute approximate surface area is 70.3 Å². The lowest BCUT2D eigenvalue weighted by Crippen LogP contribution is -1.95. The van der Waals surface area contributed by atoms with Crippen molar-refractivity contribution in [1.82, 2.24) is 0 Å². The normalized spacial score (nSPS) is 10.3. The molecule has 66 valence electrons. The molecule has 0 aliphatic heterocycles. The first-order valence-corrected chi connectivity index (χ1v) is 3.66. The second kappa shape index (κ2) is 3.11. The molecule has 0 heterocycles. The molecule has 0 aliphatic rings. The van der Waals surface area contributed by atoms with Crippen LogP contribution in [0.5, 0.6) is 5.75 Å². The van der Waals surface area contributed by atoms with Crippen LogP contribution in [0, 0.1) is 19.7 Å². The van der Waals surface area contributed by atoms with Gasteiger partial charge in [-0.3, -0.25) is 0 Å². The van der Waals surface area contributed by atoms with Crippen molar-refractivity contribution in [3.63, 3.8) is 0 Å². The van der Waals surface area contributed by atoms with Gasteiger partial charge in [0.15, 0.2) is 0 Å². The monoisotopic (exact) mass is 170 g/mol. The Morgan fingerprint density at radius 2 is 2.00 bits per heavy atom. The van der Waals surface area contributed by atoms with E-state index in [-0.39, 0.29) is 17.9 Å². The van der Waals surface area contributed by atoms with Gasteiger partial charge in [-0.15, -0.1) is 0 Å². The zero-order valence-electron chi connectivity index (χ0n) is 7.06. The number of phenols is 1. The van der Waals surface area contributed by atoms with Gasteiger partial charge in [0.05, 0.1) is 6.61 Å². The van der Waals surface area contributed by atoms with Crippen molar-refractivity contribution in [3.8, 4) is 5.75 Å². The SMILES string of the molecule is Cc1cc(F)c(C)c(CO)c1O. The summed E-state index contributed by atoms with van der Waals surface area (Å²) in [5.74, 6) is -0.411. The third-order valence-corrected chi connectivity index (χ3v) is 1.97. The van der Waals surface area contributed by atoms with Gasteiger partial charge in [0.25, 0.3) is 0 Å². The van der Waals surface area contributed by atoms with Gasteiger partial charge in [-0.25, -0.2) is 4.39 Å². The highest BCUT2D eigenvalue weighted by Crippen LogP contribution is 2.27. The first-order valence-electron chi connectivity index (χ1n) is 3.66. The maximum Gasteiger partial charge on any atom is 0.127 e. The summed E-state index contributed by atoms with van der Waals surface area (Å²) in [5.41, 5.74) is 1.02. The summed E-state index contributed by atoms with van der Waals surface area (Å²) in [4.78, 5) is 0. The largest absolute Gasteiger partial charge is 0.507 e. The van der Waals surface area contributed by atoms with E-state index in [0.717, 1.165) is 0 Å². The minimum absolute atomic E-state index is 0.0172. The molecule has 0 aromatic heterocycles. The molecule has 0 spiro atoms. The molecule has 0 saturated heterocycles. The van der Waals surface area contributed by atoms with Gasteiger partial charge in [-0.05, 0) is 31.0 Å². The summed E-state index contributed by atoms with van der Waals surface area (Å²) in [6.07, 6.45) is 0. The molecule has 0 fully saturated rings. The predicted octanol–water partition coefficient (Wildman–Crippen LogP) is 1.64. The van der Waals surface area contributed by atoms with Crippen LogP contribution < -0.4 is 0 Å². The van der Waals surface area contributed by atoms with Gasteiger partial charge >= 0.3 is 0 Å². The number of rotatable bonds is 1. The molecule has 0 aliphatic carbocycles. The highest BCUT2D eigenvalue weighted by molar-refractivity contribution is 5.44. The molecule has 2 N–H and O–H groups in total. The summed E-state index contributed by atoms with van der Waals surface area (Å²) in [7, 11) is 0. The lowest BCUT2D eigenvalue weighted by molar-refractivity contribution is 0.273. The minimum atomic E-state index is -0.394. The summed E-state index contributed by atoms with van der Waals surface area (Å²) < 4.78 is 13.0. The van der Waals surface area contributed by atoms with E-state index in [1.807, 2.05) is 0 Å². The molecule has 0 amide bonds. The highest BCUT2D eigenvalue weighted by atomic mass is 19.1. The fourth-order valence-corrected chi connectivity index (χ4v) is 1.12. The molecule has 1 rings (SSSR count). The van der Waals surface area contributed by atoms with E-state index in [2.05, 4.69) is 0 Å². The van der Waals surface area contributed by atoms with Crippen molar-refractivity contribution in [2.75, 3.05) is 0 Å². The van der Waals surface area contributed by atoms with Crippen LogP contribution in [0.3, 0.4) is 0 Å². The Bertz CT molecular complexity index is 282. The fourth-order valence-electron chi connectivity index (χ4n) is 1.12. The standard InChI is InChI=1S/C9H11FO2/c1-5-3-8(10)6(2)7(4-11)9(5)12/h3,11-12H,4H2,1-2H3. The summed E-state index contributed by atoms with van der Waals surface area (Å²) >= 11 is 0. The second-order valence-corrected chi connectivity index (χ2v) is 2.79. The van der Waals surface area contributed by atoms with Crippen LogP contribution in [0.15, 0.2) is 6.07 Å². The average Bonchev–Trinajstić information content (AvgIpc) is 2.02. The molecular formula is C9H11FO2. The van der Waals surface area contributed by atoms with Crippen LogP contribution in [-0.4, -0.2) is 10.2 Å².